The molecule has 1 aliphatic rings. The van der Waals surface area contributed by atoms with Crippen molar-refractivity contribution in [2.45, 2.75) is 32.0 Å². The first kappa shape index (κ1) is 21.4. The summed E-state index contributed by atoms with van der Waals surface area (Å²) in [4.78, 5) is 4.33. The van der Waals surface area contributed by atoms with E-state index in [0.29, 0.717) is 6.54 Å². The second kappa shape index (κ2) is 10.5. The fourth-order valence-corrected chi connectivity index (χ4v) is 3.62. The number of methoxy groups -OCH3 is 1. The van der Waals surface area contributed by atoms with Gasteiger partial charge in [0.1, 0.15) is 5.75 Å². The van der Waals surface area contributed by atoms with Crippen molar-refractivity contribution in [2.75, 3.05) is 39.3 Å². The zero-order chi connectivity index (χ0) is 20.6. The lowest BCUT2D eigenvalue weighted by molar-refractivity contribution is 0.0897. The zero-order valence-electron chi connectivity index (χ0n) is 17.6. The Kier molecular flexibility index (Phi) is 7.72. The SMILES string of the molecule is COc1ccc(CNC(=S)N(Cc2ccc(N(C)C)cc2)C[C@H]2CCCO2)cc1. The molecule has 0 aliphatic carbocycles. The minimum atomic E-state index is 0.247. The Labute approximate surface area is 179 Å². The van der Waals surface area contributed by atoms with Gasteiger partial charge in [0.15, 0.2) is 5.11 Å². The molecule has 5 nitrogen and oxygen atoms in total. The first-order chi connectivity index (χ1) is 14.0. The Morgan fingerprint density at radius 2 is 1.79 bits per heavy atom. The summed E-state index contributed by atoms with van der Waals surface area (Å²) < 4.78 is 11.1. The van der Waals surface area contributed by atoms with Crippen molar-refractivity contribution < 1.29 is 9.47 Å². The summed E-state index contributed by atoms with van der Waals surface area (Å²) in [7, 11) is 5.78. The molecule has 3 rings (SSSR count). The molecular weight excluding hydrogens is 382 g/mol. The van der Waals surface area contributed by atoms with E-state index in [2.05, 4.69) is 65.6 Å². The van der Waals surface area contributed by atoms with E-state index < -0.39 is 0 Å². The van der Waals surface area contributed by atoms with Crippen LogP contribution in [0.25, 0.3) is 0 Å². The molecule has 0 radical (unpaired) electrons. The molecule has 6 heteroatoms. The molecule has 0 unspecified atom stereocenters. The van der Waals surface area contributed by atoms with Gasteiger partial charge in [-0.3, -0.25) is 0 Å². The monoisotopic (exact) mass is 413 g/mol. The maximum Gasteiger partial charge on any atom is 0.169 e. The van der Waals surface area contributed by atoms with Gasteiger partial charge in [0.25, 0.3) is 0 Å². The Balaban J connectivity index is 1.63. The first-order valence-electron chi connectivity index (χ1n) is 10.1. The number of hydrogen-bond donors (Lipinski definition) is 1. The average Bonchev–Trinajstić information content (AvgIpc) is 3.25. The fourth-order valence-electron chi connectivity index (χ4n) is 3.41. The van der Waals surface area contributed by atoms with Crippen LogP contribution in [-0.2, 0) is 17.8 Å². The Morgan fingerprint density at radius 1 is 1.10 bits per heavy atom. The number of ether oxygens (including phenoxy) is 2. The third-order valence-electron chi connectivity index (χ3n) is 5.16. The molecule has 29 heavy (non-hydrogen) atoms. The second-order valence-corrected chi connectivity index (χ2v) is 7.97. The van der Waals surface area contributed by atoms with Gasteiger partial charge in [-0.2, -0.15) is 0 Å². The molecular formula is C23H31N3O2S. The molecule has 2 aromatic rings. The molecule has 1 heterocycles. The van der Waals surface area contributed by atoms with E-state index in [1.807, 2.05) is 12.1 Å². The fraction of sp³-hybridized carbons (Fsp3) is 0.435. The molecule has 2 aromatic carbocycles. The molecule has 1 N–H and O–H groups in total. The quantitative estimate of drug-likeness (QED) is 0.663. The summed E-state index contributed by atoms with van der Waals surface area (Å²) in [6.45, 7) is 3.11. The third-order valence-corrected chi connectivity index (χ3v) is 5.57. The van der Waals surface area contributed by atoms with Gasteiger partial charge >= 0.3 is 0 Å². The van der Waals surface area contributed by atoms with E-state index in [-0.39, 0.29) is 6.10 Å². The standard InChI is InChI=1S/C23H31N3O2S/c1-25(2)20-10-6-19(7-11-20)16-26(17-22-5-4-14-28-22)23(29)24-15-18-8-12-21(27-3)13-9-18/h6-13,22H,4-5,14-17H2,1-3H3,(H,24,29)/t22-/m1/s1. The number of nitrogens with one attached hydrogen (secondary N) is 1. The molecule has 1 fully saturated rings. The van der Waals surface area contributed by atoms with Gasteiger partial charge in [0.2, 0.25) is 0 Å². The van der Waals surface area contributed by atoms with E-state index in [1.165, 1.54) is 16.8 Å². The van der Waals surface area contributed by atoms with Gasteiger partial charge < -0.3 is 24.6 Å². The lowest BCUT2D eigenvalue weighted by Crippen LogP contribution is -2.42. The van der Waals surface area contributed by atoms with Crippen LogP contribution in [0.1, 0.15) is 24.0 Å². The number of anilines is 1. The van der Waals surface area contributed by atoms with E-state index in [1.54, 1.807) is 7.11 Å². The molecule has 0 spiro atoms. The van der Waals surface area contributed by atoms with Crippen molar-refractivity contribution in [1.29, 1.82) is 0 Å². The van der Waals surface area contributed by atoms with Gasteiger partial charge in [-0.15, -0.1) is 0 Å². The third kappa shape index (κ3) is 6.34. The van der Waals surface area contributed by atoms with Gasteiger partial charge in [-0.25, -0.2) is 0 Å². The summed E-state index contributed by atoms with van der Waals surface area (Å²) in [5, 5.41) is 4.17. The maximum atomic E-state index is 5.86. The van der Waals surface area contributed by atoms with Gasteiger partial charge in [-0.1, -0.05) is 24.3 Å². The molecule has 0 saturated carbocycles. The highest BCUT2D eigenvalue weighted by Gasteiger charge is 2.21. The molecule has 1 atom stereocenters. The predicted octanol–water partition coefficient (Wildman–Crippen LogP) is 3.82. The van der Waals surface area contributed by atoms with Crippen LogP contribution in [0.5, 0.6) is 5.75 Å². The maximum absolute atomic E-state index is 5.86. The van der Waals surface area contributed by atoms with Crippen molar-refractivity contribution in [3.05, 3.63) is 59.7 Å². The summed E-state index contributed by atoms with van der Waals surface area (Å²) in [6, 6.07) is 16.7. The largest absolute Gasteiger partial charge is 0.497 e. The number of thiocarbonyl (C=S) groups is 1. The number of hydrogen-bond acceptors (Lipinski definition) is 4. The molecule has 1 aliphatic heterocycles. The molecule has 156 valence electrons. The van der Waals surface area contributed by atoms with Crippen LogP contribution in [0, 0.1) is 0 Å². The van der Waals surface area contributed by atoms with Crippen LogP contribution in [0.3, 0.4) is 0 Å². The Bertz CT molecular complexity index is 772. The van der Waals surface area contributed by atoms with Crippen molar-refractivity contribution in [3.63, 3.8) is 0 Å². The minimum absolute atomic E-state index is 0.247. The average molecular weight is 414 g/mol. The van der Waals surface area contributed by atoms with Crippen LogP contribution in [-0.4, -0.2) is 50.5 Å². The summed E-state index contributed by atoms with van der Waals surface area (Å²) in [5.74, 6) is 0.859. The lowest BCUT2D eigenvalue weighted by atomic mass is 10.1. The Morgan fingerprint density at radius 3 is 2.38 bits per heavy atom. The van der Waals surface area contributed by atoms with Gasteiger partial charge in [0, 0.05) is 46.0 Å². The van der Waals surface area contributed by atoms with Crippen molar-refractivity contribution in [2.24, 2.45) is 0 Å². The highest BCUT2D eigenvalue weighted by Crippen LogP contribution is 2.18. The van der Waals surface area contributed by atoms with E-state index >= 15 is 0 Å². The van der Waals surface area contributed by atoms with E-state index in [0.717, 1.165) is 43.4 Å². The van der Waals surface area contributed by atoms with Crippen molar-refractivity contribution >= 4 is 23.0 Å². The van der Waals surface area contributed by atoms with Crippen LogP contribution >= 0.6 is 12.2 Å². The number of benzene rings is 2. The highest BCUT2D eigenvalue weighted by atomic mass is 32.1. The van der Waals surface area contributed by atoms with Crippen LogP contribution < -0.4 is 15.0 Å². The Hall–Kier alpha value is -2.31. The molecule has 0 amide bonds. The topological polar surface area (TPSA) is 37.0 Å². The number of rotatable bonds is 8. The predicted molar refractivity (Wildman–Crippen MR) is 123 cm³/mol. The van der Waals surface area contributed by atoms with Crippen LogP contribution in [0.15, 0.2) is 48.5 Å². The van der Waals surface area contributed by atoms with E-state index in [9.17, 15) is 0 Å². The highest BCUT2D eigenvalue weighted by molar-refractivity contribution is 7.80. The minimum Gasteiger partial charge on any atom is -0.497 e. The van der Waals surface area contributed by atoms with Gasteiger partial charge in [0.05, 0.1) is 13.2 Å². The van der Waals surface area contributed by atoms with Crippen molar-refractivity contribution in [3.8, 4) is 5.75 Å². The normalized spacial score (nSPS) is 15.8. The van der Waals surface area contributed by atoms with Crippen LogP contribution in [0.4, 0.5) is 5.69 Å². The van der Waals surface area contributed by atoms with E-state index in [4.69, 9.17) is 21.7 Å². The summed E-state index contributed by atoms with van der Waals surface area (Å²) >= 11 is 5.75. The first-order valence-corrected chi connectivity index (χ1v) is 10.5. The second-order valence-electron chi connectivity index (χ2n) is 7.58. The molecule has 0 aromatic heterocycles. The zero-order valence-corrected chi connectivity index (χ0v) is 18.4. The van der Waals surface area contributed by atoms with Crippen LogP contribution in [0.2, 0.25) is 0 Å². The van der Waals surface area contributed by atoms with Crippen molar-refractivity contribution in [1.82, 2.24) is 10.2 Å². The number of nitrogens with zero attached hydrogens (tertiary/aromatic N) is 2. The summed E-state index contributed by atoms with van der Waals surface area (Å²) in [6.07, 6.45) is 2.47. The van der Waals surface area contributed by atoms with Gasteiger partial charge in [-0.05, 0) is 60.5 Å². The lowest BCUT2D eigenvalue weighted by Gasteiger charge is -2.28. The summed E-state index contributed by atoms with van der Waals surface area (Å²) in [5.41, 5.74) is 3.60. The molecule has 1 saturated heterocycles. The smallest absolute Gasteiger partial charge is 0.169 e. The molecule has 0 bridgehead atoms.